The molecule has 0 bridgehead atoms. The van der Waals surface area contributed by atoms with Gasteiger partial charge in [0.05, 0.1) is 0 Å². The number of benzene rings is 2. The van der Waals surface area contributed by atoms with E-state index in [1.54, 1.807) is 12.1 Å². The summed E-state index contributed by atoms with van der Waals surface area (Å²) in [5.41, 5.74) is 3.61. The minimum atomic E-state index is -0.202. The van der Waals surface area contributed by atoms with Gasteiger partial charge < -0.3 is 5.32 Å². The normalized spacial score (nSPS) is 17.2. The van der Waals surface area contributed by atoms with Crippen LogP contribution in [-0.4, -0.2) is 6.04 Å². The highest BCUT2D eigenvalue weighted by Crippen LogP contribution is 2.26. The van der Waals surface area contributed by atoms with Gasteiger partial charge in [0.2, 0.25) is 0 Å². The van der Waals surface area contributed by atoms with Gasteiger partial charge in [-0.2, -0.15) is 0 Å². The topological polar surface area (TPSA) is 12.0 Å². The van der Waals surface area contributed by atoms with Crippen LogP contribution in [0.4, 0.5) is 4.39 Å². The molecular weight excluding hydrogens is 341 g/mol. The van der Waals surface area contributed by atoms with Crippen LogP contribution < -0.4 is 5.32 Å². The molecule has 20 heavy (non-hydrogen) atoms. The van der Waals surface area contributed by atoms with Crippen LogP contribution in [-0.2, 0) is 19.4 Å². The highest BCUT2D eigenvalue weighted by Gasteiger charge is 2.21. The summed E-state index contributed by atoms with van der Waals surface area (Å²) < 4.78 is 14.2. The van der Waals surface area contributed by atoms with Crippen molar-refractivity contribution in [2.45, 2.75) is 25.4 Å². The summed E-state index contributed by atoms with van der Waals surface area (Å²) in [5, 5.41) is 4.28. The van der Waals surface area contributed by atoms with E-state index in [4.69, 9.17) is 11.6 Å². The molecule has 1 aliphatic carbocycles. The quantitative estimate of drug-likeness (QED) is 0.856. The molecule has 1 aliphatic rings. The first kappa shape index (κ1) is 14.1. The average Bonchev–Trinajstić information content (AvgIpc) is 2.81. The van der Waals surface area contributed by atoms with Crippen LogP contribution in [0.15, 0.2) is 40.9 Å². The third-order valence-corrected chi connectivity index (χ3v) is 4.70. The molecule has 0 aliphatic heterocycles. The Kier molecular flexibility index (Phi) is 4.11. The lowest BCUT2D eigenvalue weighted by Crippen LogP contribution is -2.29. The molecule has 4 heteroatoms. The Balaban J connectivity index is 1.65. The highest BCUT2D eigenvalue weighted by molar-refractivity contribution is 9.10. The predicted octanol–water partition coefficient (Wildman–Crippen LogP) is 4.50. The van der Waals surface area contributed by atoms with E-state index in [-0.39, 0.29) is 5.82 Å². The number of halogens is 3. The third kappa shape index (κ3) is 3.05. The fourth-order valence-corrected chi connectivity index (χ4v) is 3.25. The second kappa shape index (κ2) is 5.84. The first-order valence-electron chi connectivity index (χ1n) is 6.56. The smallest absolute Gasteiger partial charge is 0.123 e. The van der Waals surface area contributed by atoms with E-state index in [2.05, 4.69) is 27.3 Å². The van der Waals surface area contributed by atoms with Crippen molar-refractivity contribution in [2.75, 3.05) is 0 Å². The van der Waals surface area contributed by atoms with Crippen LogP contribution in [0.2, 0.25) is 5.02 Å². The van der Waals surface area contributed by atoms with Gasteiger partial charge in [0.25, 0.3) is 0 Å². The maximum absolute atomic E-state index is 13.2. The molecule has 0 radical (unpaired) electrons. The monoisotopic (exact) mass is 353 g/mol. The summed E-state index contributed by atoms with van der Waals surface area (Å²) in [6.45, 7) is 0.657. The second-order valence-corrected chi connectivity index (χ2v) is 6.43. The second-order valence-electron chi connectivity index (χ2n) is 5.13. The Morgan fingerprint density at radius 1 is 1.15 bits per heavy atom. The lowest BCUT2D eigenvalue weighted by atomic mass is 10.1. The van der Waals surface area contributed by atoms with E-state index >= 15 is 0 Å². The zero-order valence-electron chi connectivity index (χ0n) is 10.8. The summed E-state index contributed by atoms with van der Waals surface area (Å²) in [5.74, 6) is -0.202. The van der Waals surface area contributed by atoms with Crippen LogP contribution in [0.25, 0.3) is 0 Å². The molecule has 2 aromatic carbocycles. The van der Waals surface area contributed by atoms with Crippen molar-refractivity contribution in [2.24, 2.45) is 0 Å². The molecule has 1 atom stereocenters. The molecule has 104 valence electrons. The van der Waals surface area contributed by atoms with Crippen molar-refractivity contribution < 1.29 is 4.39 Å². The summed E-state index contributed by atoms with van der Waals surface area (Å²) in [6.07, 6.45) is 1.97. The van der Waals surface area contributed by atoms with Crippen LogP contribution in [0, 0.1) is 5.82 Å². The van der Waals surface area contributed by atoms with Crippen LogP contribution in [0.3, 0.4) is 0 Å². The van der Waals surface area contributed by atoms with Crippen molar-refractivity contribution >= 4 is 27.5 Å². The van der Waals surface area contributed by atoms with Crippen LogP contribution >= 0.6 is 27.5 Å². The third-order valence-electron chi connectivity index (χ3n) is 3.69. The molecule has 0 fully saturated rings. The van der Waals surface area contributed by atoms with Gasteiger partial charge in [0, 0.05) is 22.1 Å². The van der Waals surface area contributed by atoms with Gasteiger partial charge in [-0.15, -0.1) is 0 Å². The predicted molar refractivity (Wildman–Crippen MR) is 83.6 cm³/mol. The van der Waals surface area contributed by atoms with Crippen LogP contribution in [0.5, 0.6) is 0 Å². The van der Waals surface area contributed by atoms with E-state index in [1.165, 1.54) is 17.2 Å². The van der Waals surface area contributed by atoms with E-state index < -0.39 is 0 Å². The maximum atomic E-state index is 13.2. The Hall–Kier alpha value is -0.900. The lowest BCUT2D eigenvalue weighted by molar-refractivity contribution is 0.529. The number of nitrogens with one attached hydrogen (secondary N) is 1. The molecule has 2 aromatic rings. The minimum absolute atomic E-state index is 0.202. The molecule has 1 unspecified atom stereocenters. The molecule has 0 saturated heterocycles. The van der Waals surface area contributed by atoms with Crippen molar-refractivity contribution in [3.05, 3.63) is 68.4 Å². The molecule has 0 saturated carbocycles. The van der Waals surface area contributed by atoms with E-state index in [0.717, 1.165) is 27.9 Å². The van der Waals surface area contributed by atoms with Gasteiger partial charge in [-0.05, 0) is 59.9 Å². The van der Waals surface area contributed by atoms with Gasteiger partial charge in [-0.1, -0.05) is 33.6 Å². The molecule has 0 aromatic heterocycles. The molecular formula is C16H14BrClFN. The number of hydrogen-bond donors (Lipinski definition) is 1. The highest BCUT2D eigenvalue weighted by atomic mass is 79.9. The van der Waals surface area contributed by atoms with Crippen molar-refractivity contribution in [3.8, 4) is 0 Å². The lowest BCUT2D eigenvalue weighted by Gasteiger charge is -2.13. The van der Waals surface area contributed by atoms with Gasteiger partial charge in [0.1, 0.15) is 5.82 Å². The van der Waals surface area contributed by atoms with Gasteiger partial charge in [0.15, 0.2) is 0 Å². The van der Waals surface area contributed by atoms with E-state index in [9.17, 15) is 4.39 Å². The van der Waals surface area contributed by atoms with Gasteiger partial charge in [-0.3, -0.25) is 0 Å². The number of hydrogen-bond acceptors (Lipinski definition) is 1. The Labute approximate surface area is 131 Å². The fraction of sp³-hybridized carbons (Fsp3) is 0.250. The standard InChI is InChI=1S/C16H14BrClFN/c17-16-4-3-14(19)6-12(16)9-20-15-7-10-1-2-13(18)5-11(10)8-15/h1-6,15,20H,7-9H2. The first-order chi connectivity index (χ1) is 9.61. The van der Waals surface area contributed by atoms with Crippen molar-refractivity contribution in [1.82, 2.24) is 5.32 Å². The summed E-state index contributed by atoms with van der Waals surface area (Å²) in [4.78, 5) is 0. The minimum Gasteiger partial charge on any atom is -0.309 e. The number of fused-ring (bicyclic) bond motifs is 1. The fourth-order valence-electron chi connectivity index (χ4n) is 2.66. The SMILES string of the molecule is Fc1ccc(Br)c(CNC2Cc3ccc(Cl)cc3C2)c1. The largest absolute Gasteiger partial charge is 0.309 e. The molecule has 1 N–H and O–H groups in total. The van der Waals surface area contributed by atoms with Crippen molar-refractivity contribution in [3.63, 3.8) is 0 Å². The Morgan fingerprint density at radius 2 is 1.95 bits per heavy atom. The molecule has 1 nitrogen and oxygen atoms in total. The summed E-state index contributed by atoms with van der Waals surface area (Å²) in [6, 6.07) is 11.2. The van der Waals surface area contributed by atoms with Crippen LogP contribution in [0.1, 0.15) is 16.7 Å². The number of rotatable bonds is 3. The Morgan fingerprint density at radius 3 is 2.80 bits per heavy atom. The van der Waals surface area contributed by atoms with Gasteiger partial charge >= 0.3 is 0 Å². The molecule has 0 spiro atoms. The Bertz CT molecular complexity index is 644. The van der Waals surface area contributed by atoms with E-state index in [1.807, 2.05) is 12.1 Å². The molecule has 0 amide bonds. The van der Waals surface area contributed by atoms with Crippen molar-refractivity contribution in [1.29, 1.82) is 0 Å². The molecule has 3 rings (SSSR count). The van der Waals surface area contributed by atoms with Gasteiger partial charge in [-0.25, -0.2) is 4.39 Å². The van der Waals surface area contributed by atoms with E-state index in [0.29, 0.717) is 12.6 Å². The zero-order valence-corrected chi connectivity index (χ0v) is 13.1. The average molecular weight is 355 g/mol. The maximum Gasteiger partial charge on any atom is 0.123 e. The summed E-state index contributed by atoms with van der Waals surface area (Å²) in [7, 11) is 0. The summed E-state index contributed by atoms with van der Waals surface area (Å²) >= 11 is 9.47. The first-order valence-corrected chi connectivity index (χ1v) is 7.73. The zero-order chi connectivity index (χ0) is 14.1. The molecule has 0 heterocycles.